The number of nitrogens with zero attached hydrogens (tertiary/aromatic N) is 2. The summed E-state index contributed by atoms with van der Waals surface area (Å²) in [6.07, 6.45) is 1.06. The number of aryl methyl sites for hydroxylation is 1. The zero-order chi connectivity index (χ0) is 15.0. The molecule has 0 bridgehead atoms. The van der Waals surface area contributed by atoms with Crippen LogP contribution in [0.15, 0.2) is 18.2 Å². The van der Waals surface area contributed by atoms with Gasteiger partial charge in [-0.05, 0) is 30.7 Å². The fourth-order valence-corrected chi connectivity index (χ4v) is 3.14. The number of hydrogen-bond acceptors (Lipinski definition) is 3. The van der Waals surface area contributed by atoms with Crippen molar-refractivity contribution in [2.45, 2.75) is 46.3 Å². The molecule has 1 aliphatic rings. The molecule has 0 amide bonds. The van der Waals surface area contributed by atoms with Crippen LogP contribution in [0.5, 0.6) is 0 Å². The van der Waals surface area contributed by atoms with Crippen LogP contribution in [0.3, 0.4) is 0 Å². The molecule has 0 aliphatic carbocycles. The van der Waals surface area contributed by atoms with Crippen molar-refractivity contribution < 1.29 is 0 Å². The molecule has 0 radical (unpaired) electrons. The Balaban J connectivity index is 2.18. The maximum Gasteiger partial charge on any atom is 0.0737 e. The predicted molar refractivity (Wildman–Crippen MR) is 88.5 cm³/mol. The van der Waals surface area contributed by atoms with Crippen molar-refractivity contribution in [3.63, 3.8) is 0 Å². The molecule has 0 saturated heterocycles. The summed E-state index contributed by atoms with van der Waals surface area (Å²) < 4.78 is 0. The Morgan fingerprint density at radius 2 is 2.14 bits per heavy atom. The number of likely N-dealkylation sites (N-methyl/N-ethyl adjacent to an activating group) is 1. The largest absolute Gasteiger partial charge is 0.310 e. The van der Waals surface area contributed by atoms with Gasteiger partial charge in [-0.15, -0.1) is 0 Å². The highest BCUT2D eigenvalue weighted by Crippen LogP contribution is 2.29. The summed E-state index contributed by atoms with van der Waals surface area (Å²) >= 11 is 0. The van der Waals surface area contributed by atoms with E-state index in [9.17, 15) is 0 Å². The number of aromatic nitrogens is 1. The Bertz CT molecular complexity index is 661. The smallest absolute Gasteiger partial charge is 0.0737 e. The average molecular weight is 283 g/mol. The van der Waals surface area contributed by atoms with Crippen molar-refractivity contribution in [3.05, 3.63) is 40.6 Å². The van der Waals surface area contributed by atoms with E-state index >= 15 is 0 Å². The Morgan fingerprint density at radius 1 is 1.33 bits per heavy atom. The third-order valence-electron chi connectivity index (χ3n) is 4.37. The first-order valence-corrected chi connectivity index (χ1v) is 7.88. The fraction of sp³-hybridized carbons (Fsp3) is 0.500. The second kappa shape index (κ2) is 5.74. The van der Waals surface area contributed by atoms with Gasteiger partial charge in [0, 0.05) is 43.2 Å². The van der Waals surface area contributed by atoms with Crippen LogP contribution >= 0.6 is 0 Å². The van der Waals surface area contributed by atoms with Gasteiger partial charge < -0.3 is 10.2 Å². The van der Waals surface area contributed by atoms with Gasteiger partial charge in [-0.2, -0.15) is 0 Å². The molecule has 0 unspecified atom stereocenters. The highest BCUT2D eigenvalue weighted by Gasteiger charge is 2.21. The molecule has 0 spiro atoms. The van der Waals surface area contributed by atoms with Crippen LogP contribution in [0, 0.1) is 6.92 Å². The predicted octanol–water partition coefficient (Wildman–Crippen LogP) is 3.03. The molecule has 3 nitrogen and oxygen atoms in total. The van der Waals surface area contributed by atoms with Crippen molar-refractivity contribution in [2.24, 2.45) is 0 Å². The molecule has 0 saturated carbocycles. The van der Waals surface area contributed by atoms with E-state index in [0.717, 1.165) is 26.1 Å². The van der Waals surface area contributed by atoms with Gasteiger partial charge in [0.25, 0.3) is 0 Å². The van der Waals surface area contributed by atoms with Gasteiger partial charge in [0.2, 0.25) is 0 Å². The fourth-order valence-electron chi connectivity index (χ4n) is 3.14. The Labute approximate surface area is 127 Å². The van der Waals surface area contributed by atoms with Crippen molar-refractivity contribution in [1.29, 1.82) is 0 Å². The van der Waals surface area contributed by atoms with E-state index in [1.807, 2.05) is 0 Å². The summed E-state index contributed by atoms with van der Waals surface area (Å²) in [7, 11) is 2.20. The minimum Gasteiger partial charge on any atom is -0.310 e. The first kappa shape index (κ1) is 14.5. The van der Waals surface area contributed by atoms with Crippen molar-refractivity contribution in [1.82, 2.24) is 15.2 Å². The Hall–Kier alpha value is -1.45. The minimum atomic E-state index is 0.495. The van der Waals surface area contributed by atoms with Crippen LogP contribution in [0.2, 0.25) is 0 Å². The average Bonchev–Trinajstić information content (AvgIpc) is 2.44. The molecule has 1 N–H and O–H groups in total. The molecule has 3 rings (SSSR count). The summed E-state index contributed by atoms with van der Waals surface area (Å²) in [5, 5.41) is 4.91. The van der Waals surface area contributed by atoms with Crippen molar-refractivity contribution >= 4 is 10.9 Å². The first-order valence-electron chi connectivity index (χ1n) is 7.88. The molecule has 2 aromatic rings. The topological polar surface area (TPSA) is 28.2 Å². The van der Waals surface area contributed by atoms with Gasteiger partial charge in [0.05, 0.1) is 5.52 Å². The molecular weight excluding hydrogens is 258 g/mol. The number of para-hydroxylation sites is 1. The molecule has 112 valence electrons. The van der Waals surface area contributed by atoms with Crippen LogP contribution in [-0.4, -0.2) is 29.5 Å². The molecule has 0 atom stereocenters. The van der Waals surface area contributed by atoms with E-state index in [1.165, 1.54) is 33.3 Å². The maximum absolute atomic E-state index is 4.98. The Kier molecular flexibility index (Phi) is 3.96. The van der Waals surface area contributed by atoms with Crippen LogP contribution in [0.1, 0.15) is 36.2 Å². The van der Waals surface area contributed by atoms with Crippen LogP contribution in [0.25, 0.3) is 10.9 Å². The highest BCUT2D eigenvalue weighted by atomic mass is 15.1. The molecule has 3 heteroatoms. The van der Waals surface area contributed by atoms with Crippen LogP contribution in [-0.2, 0) is 19.5 Å². The molecule has 1 aliphatic heterocycles. The lowest BCUT2D eigenvalue weighted by molar-refractivity contribution is 0.308. The number of benzene rings is 1. The zero-order valence-corrected chi connectivity index (χ0v) is 13.5. The maximum atomic E-state index is 4.98. The quantitative estimate of drug-likeness (QED) is 0.938. The van der Waals surface area contributed by atoms with Gasteiger partial charge in [-0.1, -0.05) is 32.0 Å². The summed E-state index contributed by atoms with van der Waals surface area (Å²) in [5.41, 5.74) is 6.64. The minimum absolute atomic E-state index is 0.495. The lowest BCUT2D eigenvalue weighted by Gasteiger charge is -2.28. The molecule has 21 heavy (non-hydrogen) atoms. The Morgan fingerprint density at radius 3 is 2.90 bits per heavy atom. The molecule has 0 fully saturated rings. The second-order valence-electron chi connectivity index (χ2n) is 6.51. The lowest BCUT2D eigenvalue weighted by atomic mass is 9.94. The number of nitrogens with one attached hydrogen (secondary N) is 1. The van der Waals surface area contributed by atoms with E-state index in [4.69, 9.17) is 4.98 Å². The number of rotatable bonds is 3. The monoisotopic (exact) mass is 283 g/mol. The number of hydrogen-bond donors (Lipinski definition) is 1. The lowest BCUT2D eigenvalue weighted by Crippen LogP contribution is -2.30. The van der Waals surface area contributed by atoms with E-state index in [0.29, 0.717) is 6.04 Å². The van der Waals surface area contributed by atoms with Gasteiger partial charge in [0.15, 0.2) is 0 Å². The van der Waals surface area contributed by atoms with Gasteiger partial charge in [-0.25, -0.2) is 0 Å². The van der Waals surface area contributed by atoms with Gasteiger partial charge >= 0.3 is 0 Å². The summed E-state index contributed by atoms with van der Waals surface area (Å²) in [6, 6.07) is 7.03. The second-order valence-corrected chi connectivity index (χ2v) is 6.51. The van der Waals surface area contributed by atoms with Gasteiger partial charge in [0.1, 0.15) is 0 Å². The summed E-state index contributed by atoms with van der Waals surface area (Å²) in [6.45, 7) is 9.61. The molecule has 1 aromatic heterocycles. The van der Waals surface area contributed by atoms with Crippen LogP contribution in [0.4, 0.5) is 0 Å². The third-order valence-corrected chi connectivity index (χ3v) is 4.37. The van der Waals surface area contributed by atoms with E-state index in [2.05, 4.69) is 56.2 Å². The number of pyridine rings is 1. The first-order chi connectivity index (χ1) is 10.1. The molecular formula is C18H25N3. The molecule has 1 aromatic carbocycles. The van der Waals surface area contributed by atoms with E-state index in [-0.39, 0.29) is 0 Å². The zero-order valence-electron chi connectivity index (χ0n) is 13.5. The third kappa shape index (κ3) is 2.81. The summed E-state index contributed by atoms with van der Waals surface area (Å²) in [5.74, 6) is 0. The van der Waals surface area contributed by atoms with E-state index in [1.54, 1.807) is 0 Å². The SMILES string of the molecule is Cc1cccc2c(CNC(C)C)c3c(nc12)CCN(C)C3. The van der Waals surface area contributed by atoms with Gasteiger partial charge in [-0.3, -0.25) is 4.98 Å². The normalized spacial score (nSPS) is 15.7. The standard InChI is InChI=1S/C18H25N3/c1-12(2)19-10-15-14-7-5-6-13(3)18(14)20-17-8-9-21(4)11-16(15)17/h5-7,12,19H,8-11H2,1-4H3. The molecule has 2 heterocycles. The highest BCUT2D eigenvalue weighted by molar-refractivity contribution is 5.86. The number of fused-ring (bicyclic) bond motifs is 2. The van der Waals surface area contributed by atoms with Crippen LogP contribution < -0.4 is 5.32 Å². The van der Waals surface area contributed by atoms with E-state index < -0.39 is 0 Å². The summed E-state index contributed by atoms with van der Waals surface area (Å²) in [4.78, 5) is 7.38. The van der Waals surface area contributed by atoms with Crippen molar-refractivity contribution in [2.75, 3.05) is 13.6 Å². The van der Waals surface area contributed by atoms with Crippen molar-refractivity contribution in [3.8, 4) is 0 Å².